The van der Waals surface area contributed by atoms with Crippen LogP contribution in [0.4, 0.5) is 13.2 Å². The van der Waals surface area contributed by atoms with Gasteiger partial charge in [0.25, 0.3) is 0 Å². The summed E-state index contributed by atoms with van der Waals surface area (Å²) in [6.45, 7) is 0. The molecule has 2 aromatic rings. The Morgan fingerprint density at radius 2 is 1.70 bits per heavy atom. The second kappa shape index (κ2) is 5.66. The molecular weight excluding hydrogens is 337 g/mol. The molecule has 0 spiro atoms. The number of alkyl halides is 3. The summed E-state index contributed by atoms with van der Waals surface area (Å²) in [6, 6.07) is 9.06. The summed E-state index contributed by atoms with van der Waals surface area (Å²) in [7, 11) is 0. The first-order chi connectivity index (χ1) is 9.40. The molecule has 6 heteroatoms. The molecule has 0 aliphatic heterocycles. The SMILES string of the molecule is O=Cc1cc(Br)ccc1Oc1ccc(C(F)(F)F)cc1. The highest BCUT2D eigenvalue weighted by molar-refractivity contribution is 9.10. The second-order valence-electron chi connectivity index (χ2n) is 3.92. The Balaban J connectivity index is 2.25. The zero-order valence-corrected chi connectivity index (χ0v) is 11.5. The molecule has 0 unspecified atom stereocenters. The molecule has 0 bridgehead atoms. The molecule has 2 aromatic carbocycles. The van der Waals surface area contributed by atoms with E-state index in [1.54, 1.807) is 18.2 Å². The van der Waals surface area contributed by atoms with E-state index in [1.165, 1.54) is 12.1 Å². The summed E-state index contributed by atoms with van der Waals surface area (Å²) in [5, 5.41) is 0. The third-order valence-corrected chi connectivity index (χ3v) is 3.00. The molecule has 0 saturated heterocycles. The van der Waals surface area contributed by atoms with Gasteiger partial charge in [-0.05, 0) is 42.5 Å². The van der Waals surface area contributed by atoms with Gasteiger partial charge < -0.3 is 4.74 Å². The maximum absolute atomic E-state index is 12.4. The Morgan fingerprint density at radius 3 is 2.25 bits per heavy atom. The molecule has 0 amide bonds. The van der Waals surface area contributed by atoms with Gasteiger partial charge in [0.05, 0.1) is 11.1 Å². The van der Waals surface area contributed by atoms with Gasteiger partial charge in [0.15, 0.2) is 6.29 Å². The number of hydrogen-bond acceptors (Lipinski definition) is 2. The molecular formula is C14H8BrF3O2. The highest BCUT2D eigenvalue weighted by atomic mass is 79.9. The first-order valence-electron chi connectivity index (χ1n) is 5.50. The Hall–Kier alpha value is -1.82. The topological polar surface area (TPSA) is 26.3 Å². The Morgan fingerprint density at radius 1 is 1.05 bits per heavy atom. The monoisotopic (exact) mass is 344 g/mol. The van der Waals surface area contributed by atoms with Crippen LogP contribution < -0.4 is 4.74 Å². The molecule has 0 atom stereocenters. The smallest absolute Gasteiger partial charge is 0.416 e. The van der Waals surface area contributed by atoms with Crippen LogP contribution >= 0.6 is 15.9 Å². The second-order valence-corrected chi connectivity index (χ2v) is 4.84. The van der Waals surface area contributed by atoms with Gasteiger partial charge >= 0.3 is 6.18 Å². The standard InChI is InChI=1S/C14H8BrF3O2/c15-11-3-6-13(9(7-11)8-19)20-12-4-1-10(2-5-12)14(16,17)18/h1-8H. The van der Waals surface area contributed by atoms with Crippen LogP contribution in [0.15, 0.2) is 46.9 Å². The van der Waals surface area contributed by atoms with Gasteiger partial charge in [-0.25, -0.2) is 0 Å². The normalized spacial score (nSPS) is 11.2. The highest BCUT2D eigenvalue weighted by Crippen LogP contribution is 2.32. The van der Waals surface area contributed by atoms with Gasteiger partial charge in [-0.2, -0.15) is 13.2 Å². The van der Waals surface area contributed by atoms with Gasteiger partial charge in [-0.3, -0.25) is 4.79 Å². The number of ether oxygens (including phenoxy) is 1. The van der Waals surface area contributed by atoms with E-state index in [-0.39, 0.29) is 11.5 Å². The van der Waals surface area contributed by atoms with Crippen molar-refractivity contribution in [3.8, 4) is 11.5 Å². The summed E-state index contributed by atoms with van der Waals surface area (Å²) in [5.74, 6) is 0.506. The Kier molecular flexibility index (Phi) is 4.13. The van der Waals surface area contributed by atoms with Gasteiger partial charge in [0.1, 0.15) is 11.5 Å². The van der Waals surface area contributed by atoms with Crippen molar-refractivity contribution < 1.29 is 22.7 Å². The van der Waals surface area contributed by atoms with Crippen molar-refractivity contribution in [2.24, 2.45) is 0 Å². The van der Waals surface area contributed by atoms with Crippen molar-refractivity contribution in [1.29, 1.82) is 0 Å². The number of benzene rings is 2. The predicted octanol–water partition coefficient (Wildman–Crippen LogP) is 5.07. The largest absolute Gasteiger partial charge is 0.457 e. The number of hydrogen-bond donors (Lipinski definition) is 0. The summed E-state index contributed by atoms with van der Waals surface area (Å²) in [5.41, 5.74) is -0.449. The van der Waals surface area contributed by atoms with E-state index in [0.717, 1.165) is 12.1 Å². The molecule has 0 aliphatic rings. The summed E-state index contributed by atoms with van der Waals surface area (Å²) in [4.78, 5) is 10.9. The van der Waals surface area contributed by atoms with E-state index in [4.69, 9.17) is 4.74 Å². The fourth-order valence-corrected chi connectivity index (χ4v) is 1.92. The van der Waals surface area contributed by atoms with Gasteiger partial charge in [0, 0.05) is 4.47 Å². The molecule has 0 aliphatic carbocycles. The van der Waals surface area contributed by atoms with Gasteiger partial charge in [-0.1, -0.05) is 15.9 Å². The molecule has 2 rings (SSSR count). The lowest BCUT2D eigenvalue weighted by Crippen LogP contribution is -2.04. The third-order valence-electron chi connectivity index (χ3n) is 2.51. The van der Waals surface area contributed by atoms with E-state index in [1.807, 2.05) is 0 Å². The van der Waals surface area contributed by atoms with Crippen LogP contribution in [0.1, 0.15) is 15.9 Å². The fourth-order valence-electron chi connectivity index (χ4n) is 1.54. The van der Waals surface area contributed by atoms with Crippen LogP contribution in [0.2, 0.25) is 0 Å². The molecule has 0 aromatic heterocycles. The number of aldehydes is 1. The van der Waals surface area contributed by atoms with Crippen molar-refractivity contribution in [2.75, 3.05) is 0 Å². The molecule has 0 N–H and O–H groups in total. The van der Waals surface area contributed by atoms with E-state index in [9.17, 15) is 18.0 Å². The predicted molar refractivity (Wildman–Crippen MR) is 71.0 cm³/mol. The van der Waals surface area contributed by atoms with Crippen molar-refractivity contribution in [3.05, 3.63) is 58.1 Å². The van der Waals surface area contributed by atoms with Crippen LogP contribution in [-0.4, -0.2) is 6.29 Å². The summed E-state index contributed by atoms with van der Waals surface area (Å²) >= 11 is 3.21. The molecule has 0 fully saturated rings. The average Bonchev–Trinajstić information content (AvgIpc) is 2.40. The van der Waals surface area contributed by atoms with Crippen molar-refractivity contribution >= 4 is 22.2 Å². The van der Waals surface area contributed by atoms with E-state index >= 15 is 0 Å². The van der Waals surface area contributed by atoms with Crippen molar-refractivity contribution in [2.45, 2.75) is 6.18 Å². The van der Waals surface area contributed by atoms with E-state index in [2.05, 4.69) is 15.9 Å². The van der Waals surface area contributed by atoms with Crippen LogP contribution in [0, 0.1) is 0 Å². The number of carbonyl (C=O) groups is 1. The summed E-state index contributed by atoms with van der Waals surface area (Å²) in [6.07, 6.45) is -3.77. The number of rotatable bonds is 3. The van der Waals surface area contributed by atoms with Crippen molar-refractivity contribution in [3.63, 3.8) is 0 Å². The fraction of sp³-hybridized carbons (Fsp3) is 0.0714. The van der Waals surface area contributed by atoms with Crippen molar-refractivity contribution in [1.82, 2.24) is 0 Å². The van der Waals surface area contributed by atoms with Crippen LogP contribution in [0.3, 0.4) is 0 Å². The first kappa shape index (κ1) is 14.6. The minimum absolute atomic E-state index is 0.225. The molecule has 0 saturated carbocycles. The molecule has 2 nitrogen and oxygen atoms in total. The number of halogens is 4. The van der Waals surface area contributed by atoms with Gasteiger partial charge in [-0.15, -0.1) is 0 Å². The Bertz CT molecular complexity index is 621. The number of carbonyl (C=O) groups excluding carboxylic acids is 1. The van der Waals surface area contributed by atoms with Crippen LogP contribution in [-0.2, 0) is 6.18 Å². The minimum Gasteiger partial charge on any atom is -0.457 e. The van der Waals surface area contributed by atoms with E-state index < -0.39 is 11.7 Å². The Labute approximate surface area is 121 Å². The maximum Gasteiger partial charge on any atom is 0.416 e. The van der Waals surface area contributed by atoms with Gasteiger partial charge in [0.2, 0.25) is 0 Å². The zero-order chi connectivity index (χ0) is 14.8. The molecule has 104 valence electrons. The minimum atomic E-state index is -4.38. The molecule has 0 heterocycles. The first-order valence-corrected chi connectivity index (χ1v) is 6.29. The zero-order valence-electron chi connectivity index (χ0n) is 9.95. The molecule has 20 heavy (non-hydrogen) atoms. The summed E-state index contributed by atoms with van der Waals surface area (Å²) < 4.78 is 43.4. The maximum atomic E-state index is 12.4. The molecule has 0 radical (unpaired) electrons. The lowest BCUT2D eigenvalue weighted by Gasteiger charge is -2.10. The highest BCUT2D eigenvalue weighted by Gasteiger charge is 2.30. The quantitative estimate of drug-likeness (QED) is 0.726. The van der Waals surface area contributed by atoms with E-state index in [0.29, 0.717) is 16.3 Å². The lowest BCUT2D eigenvalue weighted by atomic mass is 10.2. The van der Waals surface area contributed by atoms with Crippen LogP contribution in [0.25, 0.3) is 0 Å². The average molecular weight is 345 g/mol. The lowest BCUT2D eigenvalue weighted by molar-refractivity contribution is -0.137. The van der Waals surface area contributed by atoms with Crippen LogP contribution in [0.5, 0.6) is 11.5 Å². The third kappa shape index (κ3) is 3.39.